The van der Waals surface area contributed by atoms with Crippen LogP contribution in [0.3, 0.4) is 0 Å². The lowest BCUT2D eigenvalue weighted by Gasteiger charge is -2.20. The number of hydrogen-bond donors (Lipinski definition) is 3. The Labute approximate surface area is 461 Å². The summed E-state index contributed by atoms with van der Waals surface area (Å²) in [4.78, 5) is 24.6. The highest BCUT2D eigenvalue weighted by Gasteiger charge is 2.18. The summed E-state index contributed by atoms with van der Waals surface area (Å²) in [6.45, 7) is 4.89. The van der Waals surface area contributed by atoms with Gasteiger partial charge in [-0.25, -0.2) is 0 Å². The fourth-order valence-corrected chi connectivity index (χ4v) is 10.0. The van der Waals surface area contributed by atoms with Crippen molar-refractivity contribution in [3.63, 3.8) is 0 Å². The summed E-state index contributed by atoms with van der Waals surface area (Å²) < 4.78 is 5.49. The molecule has 0 aliphatic heterocycles. The van der Waals surface area contributed by atoms with Gasteiger partial charge < -0.3 is 20.3 Å². The Kier molecular flexibility index (Phi) is 61.5. The molecule has 0 saturated heterocycles. The quantitative estimate of drug-likeness (QED) is 0.0320. The van der Waals surface area contributed by atoms with Crippen LogP contribution < -0.4 is 5.32 Å². The number of ether oxygens (including phenoxy) is 1. The third kappa shape index (κ3) is 59.1. The molecule has 0 aliphatic carbocycles. The van der Waals surface area contributed by atoms with E-state index in [1.54, 1.807) is 6.08 Å². The Morgan fingerprint density at radius 3 is 1.05 bits per heavy atom. The summed E-state index contributed by atoms with van der Waals surface area (Å²) in [7, 11) is 0. The van der Waals surface area contributed by atoms with Crippen molar-refractivity contribution in [2.45, 2.75) is 360 Å². The lowest BCUT2D eigenvalue weighted by atomic mass is 10.0. The third-order valence-electron chi connectivity index (χ3n) is 15.1. The minimum atomic E-state index is -0.852. The first-order valence-corrected chi connectivity index (χ1v) is 32.9. The van der Waals surface area contributed by atoms with Crippen molar-refractivity contribution >= 4 is 11.9 Å². The van der Waals surface area contributed by atoms with Gasteiger partial charge in [-0.2, -0.15) is 0 Å². The second-order valence-electron chi connectivity index (χ2n) is 22.4. The van der Waals surface area contributed by atoms with Gasteiger partial charge >= 0.3 is 5.97 Å². The van der Waals surface area contributed by atoms with E-state index in [1.165, 1.54) is 263 Å². The number of aliphatic hydroxyl groups excluding tert-OH is 2. The first kappa shape index (κ1) is 71.8. The summed E-state index contributed by atoms with van der Waals surface area (Å²) in [6.07, 6.45) is 81.5. The van der Waals surface area contributed by atoms with Crippen LogP contribution in [0, 0.1) is 0 Å². The van der Waals surface area contributed by atoms with E-state index in [0.29, 0.717) is 19.4 Å². The van der Waals surface area contributed by atoms with E-state index in [9.17, 15) is 19.8 Å². The number of carbonyl (C=O) groups is 2. The molecule has 0 aromatic rings. The molecule has 0 bridgehead atoms. The van der Waals surface area contributed by atoms with Gasteiger partial charge in [0.2, 0.25) is 5.91 Å². The van der Waals surface area contributed by atoms with E-state index >= 15 is 0 Å². The van der Waals surface area contributed by atoms with Gasteiger partial charge in [-0.05, 0) is 89.9 Å². The van der Waals surface area contributed by atoms with Crippen LogP contribution in [0.1, 0.15) is 348 Å². The van der Waals surface area contributed by atoms with Crippen molar-refractivity contribution in [3.05, 3.63) is 48.6 Å². The molecule has 1 amide bonds. The molecule has 2 atom stereocenters. The minimum absolute atomic E-state index is 0.00174. The van der Waals surface area contributed by atoms with Gasteiger partial charge in [0, 0.05) is 12.8 Å². The molecule has 0 rings (SSSR count). The van der Waals surface area contributed by atoms with E-state index < -0.39 is 12.1 Å². The Hall–Kier alpha value is -2.18. The molecule has 0 aromatic carbocycles. The highest BCUT2D eigenvalue weighted by molar-refractivity contribution is 5.76. The summed E-state index contributed by atoms with van der Waals surface area (Å²) in [5.74, 6) is -0.0766. The van der Waals surface area contributed by atoms with Gasteiger partial charge in [-0.15, -0.1) is 0 Å². The average Bonchev–Trinajstić information content (AvgIpc) is 3.40. The van der Waals surface area contributed by atoms with Gasteiger partial charge in [0.15, 0.2) is 0 Å². The van der Waals surface area contributed by atoms with Crippen LogP contribution in [-0.4, -0.2) is 47.4 Å². The summed E-state index contributed by atoms with van der Waals surface area (Å²) in [5.41, 5.74) is 0. The van der Waals surface area contributed by atoms with Crippen LogP contribution in [0.25, 0.3) is 0 Å². The summed E-state index contributed by atoms with van der Waals surface area (Å²) >= 11 is 0. The Bertz CT molecular complexity index is 1240. The van der Waals surface area contributed by atoms with Crippen LogP contribution in [-0.2, 0) is 14.3 Å². The van der Waals surface area contributed by atoms with Crippen molar-refractivity contribution in [3.8, 4) is 0 Å². The zero-order chi connectivity index (χ0) is 53.6. The predicted octanol–water partition coefficient (Wildman–Crippen LogP) is 20.9. The molecule has 0 fully saturated rings. The lowest BCUT2D eigenvalue weighted by molar-refractivity contribution is -0.143. The van der Waals surface area contributed by atoms with Crippen LogP contribution in [0.2, 0.25) is 0 Å². The molecular weight excluding hydrogens is 911 g/mol. The Morgan fingerprint density at radius 1 is 0.378 bits per heavy atom. The monoisotopic (exact) mass is 1040 g/mol. The van der Waals surface area contributed by atoms with Gasteiger partial charge in [0.05, 0.1) is 25.4 Å². The number of esters is 1. The van der Waals surface area contributed by atoms with Crippen LogP contribution in [0.4, 0.5) is 0 Å². The molecule has 74 heavy (non-hydrogen) atoms. The fourth-order valence-electron chi connectivity index (χ4n) is 10.0. The second-order valence-corrected chi connectivity index (χ2v) is 22.4. The van der Waals surface area contributed by atoms with Crippen molar-refractivity contribution in [1.29, 1.82) is 0 Å². The predicted molar refractivity (Wildman–Crippen MR) is 324 cm³/mol. The van der Waals surface area contributed by atoms with E-state index in [1.807, 2.05) is 6.08 Å². The minimum Gasteiger partial charge on any atom is -0.466 e. The van der Waals surface area contributed by atoms with E-state index in [4.69, 9.17) is 4.74 Å². The van der Waals surface area contributed by atoms with E-state index in [2.05, 4.69) is 55.6 Å². The smallest absolute Gasteiger partial charge is 0.305 e. The molecule has 0 aromatic heterocycles. The summed E-state index contributed by atoms with van der Waals surface area (Å²) in [5, 5.41) is 23.2. The number of carbonyl (C=O) groups excluding carboxylic acids is 2. The first-order chi connectivity index (χ1) is 36.5. The molecule has 434 valence electrons. The number of rotatable bonds is 61. The van der Waals surface area contributed by atoms with Crippen molar-refractivity contribution < 1.29 is 24.5 Å². The molecule has 0 heterocycles. The molecule has 2 unspecified atom stereocenters. The van der Waals surface area contributed by atoms with Gasteiger partial charge in [-0.1, -0.05) is 294 Å². The Balaban J connectivity index is 3.46. The van der Waals surface area contributed by atoms with Crippen molar-refractivity contribution in [1.82, 2.24) is 5.32 Å². The third-order valence-corrected chi connectivity index (χ3v) is 15.1. The number of aliphatic hydroxyl groups is 2. The molecule has 0 saturated carbocycles. The van der Waals surface area contributed by atoms with Crippen LogP contribution >= 0.6 is 0 Å². The molecule has 6 nitrogen and oxygen atoms in total. The number of hydrogen-bond acceptors (Lipinski definition) is 5. The van der Waals surface area contributed by atoms with Crippen molar-refractivity contribution in [2.24, 2.45) is 0 Å². The number of nitrogens with one attached hydrogen (secondary N) is 1. The average molecular weight is 1040 g/mol. The zero-order valence-corrected chi connectivity index (χ0v) is 49.6. The summed E-state index contributed by atoms with van der Waals surface area (Å²) in [6, 6.07) is -0.636. The van der Waals surface area contributed by atoms with Gasteiger partial charge in [-0.3, -0.25) is 9.59 Å². The zero-order valence-electron chi connectivity index (χ0n) is 49.6. The number of allylic oxidation sites excluding steroid dienone is 7. The first-order valence-electron chi connectivity index (χ1n) is 32.9. The molecule has 0 aliphatic rings. The van der Waals surface area contributed by atoms with Crippen LogP contribution in [0.15, 0.2) is 48.6 Å². The van der Waals surface area contributed by atoms with E-state index in [0.717, 1.165) is 57.8 Å². The maximum absolute atomic E-state index is 12.5. The van der Waals surface area contributed by atoms with E-state index in [-0.39, 0.29) is 18.5 Å². The highest BCUT2D eigenvalue weighted by Crippen LogP contribution is 2.17. The molecule has 0 spiro atoms. The van der Waals surface area contributed by atoms with Gasteiger partial charge in [0.1, 0.15) is 0 Å². The van der Waals surface area contributed by atoms with Gasteiger partial charge in [0.25, 0.3) is 0 Å². The standard InChI is InChI=1S/C68H127NO5/c1-3-5-7-9-11-13-15-17-19-21-25-28-32-36-40-44-48-52-56-60-66(71)65(64-70)69-67(72)61-57-53-49-45-41-37-33-29-26-23-24-27-31-35-39-43-47-51-55-59-63-74-68(73)62-58-54-50-46-42-38-34-30-22-20-18-16-14-12-10-8-6-4-2/h14,16,20,22-23,26,56,60,65-66,70-71H,3-13,15,17-19,21,24-25,27-55,57-59,61-64H2,1-2H3,(H,69,72)/b16-14-,22-20-,26-23-,60-56+. The molecule has 3 N–H and O–H groups in total. The fraction of sp³-hybridized carbons (Fsp3) is 0.853. The normalized spacial score (nSPS) is 12.9. The topological polar surface area (TPSA) is 95.9 Å². The lowest BCUT2D eigenvalue weighted by Crippen LogP contribution is -2.45. The van der Waals surface area contributed by atoms with Crippen molar-refractivity contribution in [2.75, 3.05) is 13.2 Å². The van der Waals surface area contributed by atoms with Crippen LogP contribution in [0.5, 0.6) is 0 Å². The molecular formula is C68H127NO5. The maximum Gasteiger partial charge on any atom is 0.305 e. The SMILES string of the molecule is CCCCCC/C=C\C/C=C\CCCCCCCCCC(=O)OCCCCCCCCCCC/C=C\CCCCCCCCCC(=O)NC(CO)C(O)/C=C/CCCCCCCCCCCCCCCCCCC. The number of amides is 1. The Morgan fingerprint density at radius 2 is 0.676 bits per heavy atom. The molecule has 6 heteroatoms. The number of unbranched alkanes of at least 4 members (excludes halogenated alkanes) is 44. The maximum atomic E-state index is 12.5. The largest absolute Gasteiger partial charge is 0.466 e. The molecule has 0 radical (unpaired) electrons. The highest BCUT2D eigenvalue weighted by atomic mass is 16.5. The second kappa shape index (κ2) is 63.4.